The number of nitrogens with one attached hydrogen (secondary N) is 1. The van der Waals surface area contributed by atoms with Gasteiger partial charge < -0.3 is 14.8 Å². The predicted octanol–water partition coefficient (Wildman–Crippen LogP) is -1.01. The van der Waals surface area contributed by atoms with Crippen molar-refractivity contribution in [1.29, 1.82) is 0 Å². The molecule has 14 heavy (non-hydrogen) atoms. The van der Waals surface area contributed by atoms with E-state index in [4.69, 9.17) is 4.74 Å². The zero-order valence-corrected chi connectivity index (χ0v) is 8.63. The molecule has 1 aliphatic rings. The maximum absolute atomic E-state index is 10.9. The van der Waals surface area contributed by atoms with Crippen LogP contribution in [-0.2, 0) is 24.1 Å². The average Bonchev–Trinajstić information content (AvgIpc) is 2.48. The number of hydrogen-bond donors (Lipinski definition) is 1. The molecule has 0 bridgehead atoms. The SMILES string of the molecule is COC(=O)C1=COC(CS(C)(=O)=O)N1. The topological polar surface area (TPSA) is 81.7 Å². The highest BCUT2D eigenvalue weighted by atomic mass is 32.2. The van der Waals surface area contributed by atoms with Crippen molar-refractivity contribution in [2.24, 2.45) is 0 Å². The Hall–Kier alpha value is -1.24. The molecule has 0 fully saturated rings. The molecule has 1 atom stereocenters. The number of esters is 1. The molecule has 0 aromatic carbocycles. The van der Waals surface area contributed by atoms with Gasteiger partial charge in [-0.05, 0) is 0 Å². The second-order valence-electron chi connectivity index (χ2n) is 2.88. The van der Waals surface area contributed by atoms with Crippen LogP contribution in [-0.4, -0.2) is 39.7 Å². The van der Waals surface area contributed by atoms with Crippen LogP contribution in [0.3, 0.4) is 0 Å². The first-order valence-corrected chi connectivity index (χ1v) is 5.86. The summed E-state index contributed by atoms with van der Waals surface area (Å²) in [6.07, 6.45) is 1.54. The van der Waals surface area contributed by atoms with E-state index >= 15 is 0 Å². The van der Waals surface area contributed by atoms with Crippen molar-refractivity contribution in [3.63, 3.8) is 0 Å². The van der Waals surface area contributed by atoms with Gasteiger partial charge in [-0.15, -0.1) is 0 Å². The smallest absolute Gasteiger partial charge is 0.357 e. The summed E-state index contributed by atoms with van der Waals surface area (Å²) in [6.45, 7) is 0. The van der Waals surface area contributed by atoms with E-state index in [0.29, 0.717) is 0 Å². The van der Waals surface area contributed by atoms with E-state index in [1.165, 1.54) is 7.11 Å². The van der Waals surface area contributed by atoms with E-state index in [1.807, 2.05) is 0 Å². The van der Waals surface area contributed by atoms with Gasteiger partial charge in [0.25, 0.3) is 0 Å². The Morgan fingerprint density at radius 2 is 2.36 bits per heavy atom. The van der Waals surface area contributed by atoms with Crippen molar-refractivity contribution >= 4 is 15.8 Å². The van der Waals surface area contributed by atoms with Crippen LogP contribution >= 0.6 is 0 Å². The lowest BCUT2D eigenvalue weighted by molar-refractivity contribution is -0.136. The Morgan fingerprint density at radius 1 is 1.71 bits per heavy atom. The molecular formula is C7H11NO5S. The van der Waals surface area contributed by atoms with Crippen molar-refractivity contribution < 1.29 is 22.7 Å². The first kappa shape index (κ1) is 10.8. The summed E-state index contributed by atoms with van der Waals surface area (Å²) in [5.74, 6) is -0.773. The van der Waals surface area contributed by atoms with Crippen LogP contribution < -0.4 is 5.32 Å². The van der Waals surface area contributed by atoms with Gasteiger partial charge in [0, 0.05) is 6.26 Å². The molecule has 0 amide bonds. The highest BCUT2D eigenvalue weighted by molar-refractivity contribution is 7.90. The highest BCUT2D eigenvalue weighted by Crippen LogP contribution is 2.08. The molecule has 0 aliphatic carbocycles. The maximum Gasteiger partial charge on any atom is 0.357 e. The zero-order chi connectivity index (χ0) is 10.8. The minimum absolute atomic E-state index is 0.126. The van der Waals surface area contributed by atoms with E-state index in [1.54, 1.807) is 0 Å². The van der Waals surface area contributed by atoms with Gasteiger partial charge in [-0.2, -0.15) is 0 Å². The Labute approximate surface area is 81.8 Å². The second kappa shape index (κ2) is 3.87. The summed E-state index contributed by atoms with van der Waals surface area (Å²) in [6, 6.07) is 0. The molecule has 1 heterocycles. The van der Waals surface area contributed by atoms with Crippen LogP contribution in [0.4, 0.5) is 0 Å². The Morgan fingerprint density at radius 3 is 2.86 bits per heavy atom. The third-order valence-corrected chi connectivity index (χ3v) is 2.43. The minimum atomic E-state index is -3.14. The summed E-state index contributed by atoms with van der Waals surface area (Å²) in [7, 11) is -1.91. The van der Waals surface area contributed by atoms with Crippen LogP contribution in [0.25, 0.3) is 0 Å². The Kier molecular flexibility index (Phi) is 3.00. The fourth-order valence-corrected chi connectivity index (χ4v) is 1.68. The van der Waals surface area contributed by atoms with Gasteiger partial charge >= 0.3 is 5.97 Å². The molecule has 0 aromatic rings. The number of methoxy groups -OCH3 is 1. The van der Waals surface area contributed by atoms with Crippen LogP contribution in [0.2, 0.25) is 0 Å². The quantitative estimate of drug-likeness (QED) is 0.615. The fourth-order valence-electron chi connectivity index (χ4n) is 0.965. The third-order valence-electron chi connectivity index (χ3n) is 1.53. The molecule has 0 aromatic heterocycles. The van der Waals surface area contributed by atoms with E-state index in [-0.39, 0.29) is 11.4 Å². The summed E-state index contributed by atoms with van der Waals surface area (Å²) < 4.78 is 31.1. The highest BCUT2D eigenvalue weighted by Gasteiger charge is 2.25. The van der Waals surface area contributed by atoms with Crippen LogP contribution in [0.1, 0.15) is 0 Å². The van der Waals surface area contributed by atoms with Crippen molar-refractivity contribution in [1.82, 2.24) is 5.32 Å². The number of rotatable bonds is 3. The lowest BCUT2D eigenvalue weighted by Gasteiger charge is -2.10. The molecule has 0 saturated carbocycles. The Bertz CT molecular complexity index is 358. The number of hydrogen-bond acceptors (Lipinski definition) is 6. The zero-order valence-electron chi connectivity index (χ0n) is 7.81. The van der Waals surface area contributed by atoms with Crippen molar-refractivity contribution in [3.8, 4) is 0 Å². The predicted molar refractivity (Wildman–Crippen MR) is 47.8 cm³/mol. The number of carbonyl (C=O) groups excluding carboxylic acids is 1. The molecule has 80 valence electrons. The van der Waals surface area contributed by atoms with Gasteiger partial charge in [0.1, 0.15) is 12.0 Å². The largest absolute Gasteiger partial charge is 0.475 e. The molecule has 1 N–H and O–H groups in total. The number of ether oxygens (including phenoxy) is 2. The molecule has 0 saturated heterocycles. The van der Waals surface area contributed by atoms with Crippen LogP contribution in [0, 0.1) is 0 Å². The lowest BCUT2D eigenvalue weighted by atomic mass is 10.5. The molecule has 6 nitrogen and oxygen atoms in total. The molecule has 1 rings (SSSR count). The average molecular weight is 221 g/mol. The minimum Gasteiger partial charge on any atom is -0.475 e. The summed E-state index contributed by atoms with van der Waals surface area (Å²) >= 11 is 0. The van der Waals surface area contributed by atoms with Gasteiger partial charge in [0.2, 0.25) is 0 Å². The molecule has 0 spiro atoms. The van der Waals surface area contributed by atoms with Crippen molar-refractivity contribution in [2.45, 2.75) is 6.23 Å². The van der Waals surface area contributed by atoms with Crippen LogP contribution in [0.15, 0.2) is 12.0 Å². The number of sulfone groups is 1. The van der Waals surface area contributed by atoms with Gasteiger partial charge in [-0.3, -0.25) is 0 Å². The fraction of sp³-hybridized carbons (Fsp3) is 0.571. The second-order valence-corrected chi connectivity index (χ2v) is 5.07. The van der Waals surface area contributed by atoms with Crippen LogP contribution in [0.5, 0.6) is 0 Å². The van der Waals surface area contributed by atoms with E-state index in [0.717, 1.165) is 12.5 Å². The van der Waals surface area contributed by atoms with Gasteiger partial charge in [0.05, 0.1) is 7.11 Å². The third kappa shape index (κ3) is 2.91. The lowest BCUT2D eigenvalue weighted by Crippen LogP contribution is -2.33. The maximum atomic E-state index is 10.9. The van der Waals surface area contributed by atoms with E-state index < -0.39 is 22.0 Å². The molecular weight excluding hydrogens is 210 g/mol. The summed E-state index contributed by atoms with van der Waals surface area (Å²) in [5.41, 5.74) is 0.126. The first-order chi connectivity index (χ1) is 6.42. The summed E-state index contributed by atoms with van der Waals surface area (Å²) in [5, 5.41) is 2.58. The molecule has 0 radical (unpaired) electrons. The van der Waals surface area contributed by atoms with Gasteiger partial charge in [-0.1, -0.05) is 0 Å². The van der Waals surface area contributed by atoms with Crippen molar-refractivity contribution in [2.75, 3.05) is 19.1 Å². The molecule has 7 heteroatoms. The normalized spacial score (nSPS) is 20.7. The van der Waals surface area contributed by atoms with Crippen molar-refractivity contribution in [3.05, 3.63) is 12.0 Å². The Balaban J connectivity index is 2.51. The van der Waals surface area contributed by atoms with E-state index in [2.05, 4.69) is 10.1 Å². The van der Waals surface area contributed by atoms with Gasteiger partial charge in [-0.25, -0.2) is 13.2 Å². The first-order valence-electron chi connectivity index (χ1n) is 3.80. The van der Waals surface area contributed by atoms with E-state index in [9.17, 15) is 13.2 Å². The standard InChI is InChI=1S/C7H11NO5S/c1-12-7(9)5-3-13-6(8-5)4-14(2,10)11/h3,6,8H,4H2,1-2H3. The molecule has 1 unspecified atom stereocenters. The monoisotopic (exact) mass is 221 g/mol. The molecule has 1 aliphatic heterocycles. The van der Waals surface area contributed by atoms with Gasteiger partial charge in [0.15, 0.2) is 21.8 Å². The number of carbonyl (C=O) groups is 1. The summed E-state index contributed by atoms with van der Waals surface area (Å²) in [4.78, 5) is 10.9.